The van der Waals surface area contributed by atoms with Crippen LogP contribution in [0.4, 0.5) is 11.6 Å². The number of benzene rings is 1. The molecule has 0 radical (unpaired) electrons. The topological polar surface area (TPSA) is 63.8 Å². The fraction of sp³-hybridized carbons (Fsp3) is 0.286. The molecule has 0 aliphatic carbocycles. The second kappa shape index (κ2) is 5.49. The summed E-state index contributed by atoms with van der Waals surface area (Å²) in [7, 11) is 0. The molecule has 1 aromatic heterocycles. The Hall–Kier alpha value is -2.10. The summed E-state index contributed by atoms with van der Waals surface area (Å²) >= 11 is 0. The molecular weight excluding hydrogens is 224 g/mol. The van der Waals surface area contributed by atoms with Crippen LogP contribution < -0.4 is 11.1 Å². The van der Waals surface area contributed by atoms with Gasteiger partial charge in [-0.05, 0) is 17.0 Å². The molecule has 2 rings (SSSR count). The summed E-state index contributed by atoms with van der Waals surface area (Å²) in [5, 5.41) is 3.18. The molecule has 0 saturated carbocycles. The number of nitrogens with zero attached hydrogens (tertiary/aromatic N) is 2. The maximum absolute atomic E-state index is 5.71. The number of anilines is 2. The van der Waals surface area contributed by atoms with Crippen molar-refractivity contribution in [2.24, 2.45) is 0 Å². The van der Waals surface area contributed by atoms with Crippen LogP contribution in [0, 0.1) is 0 Å². The van der Waals surface area contributed by atoms with E-state index in [2.05, 4.69) is 53.4 Å². The lowest BCUT2D eigenvalue weighted by atomic mass is 10.0. The minimum atomic E-state index is 0.427. The molecule has 0 amide bonds. The Kier molecular flexibility index (Phi) is 3.77. The van der Waals surface area contributed by atoms with Crippen LogP contribution in [0.5, 0.6) is 0 Å². The van der Waals surface area contributed by atoms with Crippen LogP contribution in [0.15, 0.2) is 36.7 Å². The molecule has 0 spiro atoms. The van der Waals surface area contributed by atoms with E-state index in [0.29, 0.717) is 24.1 Å². The largest absolute Gasteiger partial charge is 0.381 e. The van der Waals surface area contributed by atoms with Crippen molar-refractivity contribution in [3.63, 3.8) is 0 Å². The molecule has 0 saturated heterocycles. The molecule has 4 nitrogen and oxygen atoms in total. The average molecular weight is 242 g/mol. The number of nitrogen functional groups attached to an aromatic ring is 1. The normalized spacial score (nSPS) is 10.6. The summed E-state index contributed by atoms with van der Waals surface area (Å²) in [5.74, 6) is 1.62. The fourth-order valence-electron chi connectivity index (χ4n) is 1.69. The van der Waals surface area contributed by atoms with Crippen molar-refractivity contribution in [3.05, 3.63) is 47.8 Å². The Balaban J connectivity index is 2.00. The van der Waals surface area contributed by atoms with Crippen LogP contribution in [-0.4, -0.2) is 9.97 Å². The number of rotatable bonds is 4. The highest BCUT2D eigenvalue weighted by molar-refractivity contribution is 5.55. The monoisotopic (exact) mass is 242 g/mol. The van der Waals surface area contributed by atoms with Crippen LogP contribution in [0.2, 0.25) is 0 Å². The zero-order chi connectivity index (χ0) is 13.0. The Bertz CT molecular complexity index is 505. The minimum Gasteiger partial charge on any atom is -0.381 e. The van der Waals surface area contributed by atoms with Gasteiger partial charge in [0.1, 0.15) is 0 Å². The second-order valence-electron chi connectivity index (χ2n) is 4.54. The molecule has 0 bridgehead atoms. The van der Waals surface area contributed by atoms with Crippen molar-refractivity contribution in [3.8, 4) is 0 Å². The van der Waals surface area contributed by atoms with Crippen LogP contribution >= 0.6 is 0 Å². The van der Waals surface area contributed by atoms with Gasteiger partial charge in [0.2, 0.25) is 0 Å². The van der Waals surface area contributed by atoms with E-state index >= 15 is 0 Å². The quantitative estimate of drug-likeness (QED) is 0.865. The van der Waals surface area contributed by atoms with E-state index < -0.39 is 0 Å². The Morgan fingerprint density at radius 2 is 1.78 bits per heavy atom. The van der Waals surface area contributed by atoms with Crippen molar-refractivity contribution in [1.82, 2.24) is 9.97 Å². The first-order valence-corrected chi connectivity index (χ1v) is 6.06. The number of hydrogen-bond donors (Lipinski definition) is 2. The third kappa shape index (κ3) is 2.97. The maximum Gasteiger partial charge on any atom is 0.169 e. The van der Waals surface area contributed by atoms with Crippen molar-refractivity contribution in [2.45, 2.75) is 26.3 Å². The molecular formula is C14H18N4. The Morgan fingerprint density at radius 3 is 2.39 bits per heavy atom. The zero-order valence-electron chi connectivity index (χ0n) is 10.7. The van der Waals surface area contributed by atoms with Crippen molar-refractivity contribution in [1.29, 1.82) is 0 Å². The average Bonchev–Trinajstić information content (AvgIpc) is 2.38. The van der Waals surface area contributed by atoms with Gasteiger partial charge in [-0.1, -0.05) is 38.1 Å². The van der Waals surface area contributed by atoms with Gasteiger partial charge in [0.05, 0.1) is 0 Å². The van der Waals surface area contributed by atoms with Gasteiger partial charge in [0.25, 0.3) is 0 Å². The van der Waals surface area contributed by atoms with Gasteiger partial charge in [-0.3, -0.25) is 0 Å². The summed E-state index contributed by atoms with van der Waals surface area (Å²) in [6.45, 7) is 5.07. The standard InChI is InChI=1S/C14H18N4/c1-10(2)12-5-3-11(4-6-12)9-18-14-13(15)16-7-8-17-14/h3-8,10H,9H2,1-2H3,(H2,15,16)(H,17,18). The Labute approximate surface area is 107 Å². The molecule has 0 aliphatic heterocycles. The van der Waals surface area contributed by atoms with Crippen molar-refractivity contribution in [2.75, 3.05) is 11.1 Å². The van der Waals surface area contributed by atoms with Gasteiger partial charge >= 0.3 is 0 Å². The number of aromatic nitrogens is 2. The fourth-order valence-corrected chi connectivity index (χ4v) is 1.69. The highest BCUT2D eigenvalue weighted by Crippen LogP contribution is 2.16. The summed E-state index contributed by atoms with van der Waals surface area (Å²) in [6, 6.07) is 8.55. The van der Waals surface area contributed by atoms with Gasteiger partial charge in [0.15, 0.2) is 11.6 Å². The van der Waals surface area contributed by atoms with E-state index in [-0.39, 0.29) is 0 Å². The van der Waals surface area contributed by atoms with Gasteiger partial charge in [-0.15, -0.1) is 0 Å². The van der Waals surface area contributed by atoms with E-state index in [1.807, 2.05) is 0 Å². The molecule has 3 N–H and O–H groups in total. The zero-order valence-corrected chi connectivity index (χ0v) is 10.7. The van der Waals surface area contributed by atoms with Crippen LogP contribution in [0.1, 0.15) is 30.9 Å². The lowest BCUT2D eigenvalue weighted by Gasteiger charge is -2.09. The third-order valence-electron chi connectivity index (χ3n) is 2.83. The SMILES string of the molecule is CC(C)c1ccc(CNc2nccnc2N)cc1. The molecule has 1 aromatic carbocycles. The lowest BCUT2D eigenvalue weighted by molar-refractivity contribution is 0.865. The molecule has 4 heteroatoms. The third-order valence-corrected chi connectivity index (χ3v) is 2.83. The first-order chi connectivity index (χ1) is 8.66. The summed E-state index contributed by atoms with van der Waals surface area (Å²) < 4.78 is 0. The minimum absolute atomic E-state index is 0.427. The van der Waals surface area contributed by atoms with Crippen LogP contribution in [0.25, 0.3) is 0 Å². The molecule has 1 heterocycles. The smallest absolute Gasteiger partial charge is 0.169 e. The van der Waals surface area contributed by atoms with Crippen molar-refractivity contribution < 1.29 is 0 Å². The van der Waals surface area contributed by atoms with E-state index in [4.69, 9.17) is 5.73 Å². The number of nitrogens with two attached hydrogens (primary N) is 1. The molecule has 0 unspecified atom stereocenters. The summed E-state index contributed by atoms with van der Waals surface area (Å²) in [5.41, 5.74) is 8.26. The van der Waals surface area contributed by atoms with Gasteiger partial charge in [0, 0.05) is 18.9 Å². The molecule has 0 fully saturated rings. The molecule has 94 valence electrons. The molecule has 18 heavy (non-hydrogen) atoms. The predicted octanol–water partition coefficient (Wildman–Crippen LogP) is 2.79. The summed E-state index contributed by atoms with van der Waals surface area (Å²) in [6.07, 6.45) is 3.21. The first-order valence-electron chi connectivity index (χ1n) is 6.06. The van der Waals surface area contributed by atoms with E-state index in [0.717, 1.165) is 0 Å². The highest BCUT2D eigenvalue weighted by atomic mass is 15.0. The van der Waals surface area contributed by atoms with Crippen molar-refractivity contribution >= 4 is 11.6 Å². The lowest BCUT2D eigenvalue weighted by Crippen LogP contribution is -2.05. The number of hydrogen-bond acceptors (Lipinski definition) is 4. The van der Waals surface area contributed by atoms with Gasteiger partial charge < -0.3 is 11.1 Å². The second-order valence-corrected chi connectivity index (χ2v) is 4.54. The molecule has 0 atom stereocenters. The maximum atomic E-state index is 5.71. The van der Waals surface area contributed by atoms with E-state index in [1.54, 1.807) is 12.4 Å². The molecule has 2 aromatic rings. The first kappa shape index (κ1) is 12.4. The van der Waals surface area contributed by atoms with Crippen LogP contribution in [0.3, 0.4) is 0 Å². The highest BCUT2D eigenvalue weighted by Gasteiger charge is 2.01. The Morgan fingerprint density at radius 1 is 1.11 bits per heavy atom. The predicted molar refractivity (Wildman–Crippen MR) is 74.3 cm³/mol. The number of nitrogens with one attached hydrogen (secondary N) is 1. The van der Waals surface area contributed by atoms with Crippen LogP contribution in [-0.2, 0) is 6.54 Å². The molecule has 0 aliphatic rings. The van der Waals surface area contributed by atoms with Gasteiger partial charge in [-0.2, -0.15) is 0 Å². The summed E-state index contributed by atoms with van der Waals surface area (Å²) in [4.78, 5) is 8.12. The van der Waals surface area contributed by atoms with Gasteiger partial charge in [-0.25, -0.2) is 9.97 Å². The van der Waals surface area contributed by atoms with E-state index in [9.17, 15) is 0 Å². The van der Waals surface area contributed by atoms with E-state index in [1.165, 1.54) is 11.1 Å².